The molecule has 0 saturated carbocycles. The summed E-state index contributed by atoms with van der Waals surface area (Å²) in [6.07, 6.45) is 3.75. The summed E-state index contributed by atoms with van der Waals surface area (Å²) in [6, 6.07) is 7.40. The van der Waals surface area contributed by atoms with Crippen LogP contribution in [-0.2, 0) is 6.42 Å². The molecule has 0 spiro atoms. The molecule has 0 bridgehead atoms. The van der Waals surface area contributed by atoms with E-state index in [0.717, 1.165) is 25.1 Å². The standard InChI is InChI=1S/C14H13BrFN3/c15-10-7-12(16)14(18-8-10)19-11-3-4-13-9(6-11)2-1-5-17-13/h3-4,6-8,17H,1-2,5H2,(H,18,19). The Morgan fingerprint density at radius 1 is 1.32 bits per heavy atom. The van der Waals surface area contributed by atoms with Crippen LogP contribution in [0.4, 0.5) is 21.6 Å². The lowest BCUT2D eigenvalue weighted by molar-refractivity contribution is 0.625. The number of aromatic nitrogens is 1. The minimum Gasteiger partial charge on any atom is -0.385 e. The van der Waals surface area contributed by atoms with E-state index in [2.05, 4.69) is 31.5 Å². The second-order valence-electron chi connectivity index (χ2n) is 4.51. The smallest absolute Gasteiger partial charge is 0.166 e. The molecule has 0 amide bonds. The predicted octanol–water partition coefficient (Wildman–Crippen LogP) is 4.08. The van der Waals surface area contributed by atoms with Crippen molar-refractivity contribution >= 4 is 33.1 Å². The second-order valence-corrected chi connectivity index (χ2v) is 5.43. The van der Waals surface area contributed by atoms with Gasteiger partial charge in [0.2, 0.25) is 0 Å². The van der Waals surface area contributed by atoms with E-state index in [4.69, 9.17) is 0 Å². The van der Waals surface area contributed by atoms with E-state index in [9.17, 15) is 4.39 Å². The van der Waals surface area contributed by atoms with Crippen molar-refractivity contribution in [2.24, 2.45) is 0 Å². The molecular weight excluding hydrogens is 309 g/mol. The molecule has 98 valence electrons. The molecule has 0 atom stereocenters. The van der Waals surface area contributed by atoms with Crippen LogP contribution in [-0.4, -0.2) is 11.5 Å². The molecular formula is C14H13BrFN3. The van der Waals surface area contributed by atoms with Crippen LogP contribution in [0.2, 0.25) is 0 Å². The van der Waals surface area contributed by atoms with Crippen LogP contribution in [0.25, 0.3) is 0 Å². The van der Waals surface area contributed by atoms with Crippen LogP contribution in [0.15, 0.2) is 34.9 Å². The maximum atomic E-state index is 13.7. The van der Waals surface area contributed by atoms with Gasteiger partial charge in [-0.1, -0.05) is 0 Å². The molecule has 0 fully saturated rings. The number of aryl methyl sites for hydroxylation is 1. The number of anilines is 3. The average Bonchev–Trinajstić information content (AvgIpc) is 2.42. The SMILES string of the molecule is Fc1cc(Br)cnc1Nc1ccc2c(c1)CCCN2. The quantitative estimate of drug-likeness (QED) is 0.875. The molecule has 1 aliphatic rings. The van der Waals surface area contributed by atoms with Crippen molar-refractivity contribution in [3.8, 4) is 0 Å². The van der Waals surface area contributed by atoms with Crippen molar-refractivity contribution in [1.82, 2.24) is 4.98 Å². The molecule has 1 aromatic heterocycles. The molecule has 1 aromatic carbocycles. The van der Waals surface area contributed by atoms with Gasteiger partial charge in [0, 0.05) is 28.6 Å². The van der Waals surface area contributed by atoms with Crippen molar-refractivity contribution in [2.75, 3.05) is 17.2 Å². The molecule has 0 saturated heterocycles. The Hall–Kier alpha value is -1.62. The summed E-state index contributed by atoms with van der Waals surface area (Å²) in [5, 5.41) is 6.36. The summed E-state index contributed by atoms with van der Waals surface area (Å²) < 4.78 is 14.3. The van der Waals surface area contributed by atoms with Crippen molar-refractivity contribution in [1.29, 1.82) is 0 Å². The van der Waals surface area contributed by atoms with Gasteiger partial charge in [-0.3, -0.25) is 0 Å². The van der Waals surface area contributed by atoms with Crippen LogP contribution in [0.1, 0.15) is 12.0 Å². The summed E-state index contributed by atoms with van der Waals surface area (Å²) in [6.45, 7) is 1.02. The number of fused-ring (bicyclic) bond motifs is 1. The Morgan fingerprint density at radius 2 is 2.21 bits per heavy atom. The molecule has 1 aliphatic heterocycles. The number of pyridine rings is 1. The van der Waals surface area contributed by atoms with Crippen molar-refractivity contribution in [2.45, 2.75) is 12.8 Å². The van der Waals surface area contributed by atoms with Gasteiger partial charge in [-0.15, -0.1) is 0 Å². The lowest BCUT2D eigenvalue weighted by Gasteiger charge is -2.19. The van der Waals surface area contributed by atoms with Crippen LogP contribution in [0.3, 0.4) is 0 Å². The third-order valence-electron chi connectivity index (χ3n) is 3.11. The van der Waals surface area contributed by atoms with E-state index in [1.807, 2.05) is 18.2 Å². The highest BCUT2D eigenvalue weighted by atomic mass is 79.9. The number of nitrogens with zero attached hydrogens (tertiary/aromatic N) is 1. The van der Waals surface area contributed by atoms with Gasteiger partial charge in [0.1, 0.15) is 0 Å². The van der Waals surface area contributed by atoms with Gasteiger partial charge in [0.05, 0.1) is 0 Å². The zero-order valence-corrected chi connectivity index (χ0v) is 11.8. The zero-order valence-electron chi connectivity index (χ0n) is 10.2. The minimum atomic E-state index is -0.370. The molecule has 2 aromatic rings. The highest BCUT2D eigenvalue weighted by Gasteiger charge is 2.10. The van der Waals surface area contributed by atoms with E-state index in [1.165, 1.54) is 17.3 Å². The van der Waals surface area contributed by atoms with Crippen LogP contribution in [0, 0.1) is 5.82 Å². The van der Waals surface area contributed by atoms with Gasteiger partial charge < -0.3 is 10.6 Å². The maximum absolute atomic E-state index is 13.7. The van der Waals surface area contributed by atoms with E-state index in [-0.39, 0.29) is 11.6 Å². The molecule has 2 N–H and O–H groups in total. The molecule has 5 heteroatoms. The first-order valence-electron chi connectivity index (χ1n) is 6.17. The van der Waals surface area contributed by atoms with Gasteiger partial charge >= 0.3 is 0 Å². The minimum absolute atomic E-state index is 0.243. The Morgan fingerprint density at radius 3 is 3.05 bits per heavy atom. The molecule has 3 rings (SSSR count). The number of hydrogen-bond acceptors (Lipinski definition) is 3. The normalized spacial score (nSPS) is 13.6. The molecule has 0 unspecified atom stereocenters. The lowest BCUT2D eigenvalue weighted by Crippen LogP contribution is -2.11. The monoisotopic (exact) mass is 321 g/mol. The summed E-state index contributed by atoms with van der Waals surface area (Å²) in [5.74, 6) is -0.128. The van der Waals surface area contributed by atoms with Crippen LogP contribution >= 0.6 is 15.9 Å². The van der Waals surface area contributed by atoms with Crippen molar-refractivity contribution in [3.63, 3.8) is 0 Å². The van der Waals surface area contributed by atoms with E-state index in [0.29, 0.717) is 4.47 Å². The Balaban J connectivity index is 1.87. The van der Waals surface area contributed by atoms with E-state index in [1.54, 1.807) is 6.20 Å². The summed E-state index contributed by atoms with van der Waals surface area (Å²) in [5.41, 5.74) is 3.28. The fourth-order valence-corrected chi connectivity index (χ4v) is 2.50. The Kier molecular flexibility index (Phi) is 3.38. The Labute approximate surface area is 119 Å². The predicted molar refractivity (Wildman–Crippen MR) is 78.4 cm³/mol. The summed E-state index contributed by atoms with van der Waals surface area (Å²) >= 11 is 3.19. The van der Waals surface area contributed by atoms with Crippen molar-refractivity contribution in [3.05, 3.63) is 46.3 Å². The first kappa shape index (κ1) is 12.4. The second kappa shape index (κ2) is 5.17. The maximum Gasteiger partial charge on any atom is 0.166 e. The van der Waals surface area contributed by atoms with Gasteiger partial charge in [-0.25, -0.2) is 9.37 Å². The average molecular weight is 322 g/mol. The third-order valence-corrected chi connectivity index (χ3v) is 3.55. The molecule has 0 radical (unpaired) electrons. The van der Waals surface area contributed by atoms with Crippen LogP contribution < -0.4 is 10.6 Å². The highest BCUT2D eigenvalue weighted by Crippen LogP contribution is 2.27. The third kappa shape index (κ3) is 2.71. The fraction of sp³-hybridized carbons (Fsp3) is 0.214. The summed E-state index contributed by atoms with van der Waals surface area (Å²) in [7, 11) is 0. The van der Waals surface area contributed by atoms with Gasteiger partial charge in [0.25, 0.3) is 0 Å². The first-order valence-corrected chi connectivity index (χ1v) is 6.96. The highest BCUT2D eigenvalue weighted by molar-refractivity contribution is 9.10. The first-order chi connectivity index (χ1) is 9.22. The Bertz CT molecular complexity index is 616. The number of halogens is 2. The summed E-state index contributed by atoms with van der Waals surface area (Å²) in [4.78, 5) is 4.04. The topological polar surface area (TPSA) is 37.0 Å². The van der Waals surface area contributed by atoms with E-state index < -0.39 is 0 Å². The molecule has 0 aliphatic carbocycles. The molecule has 3 nitrogen and oxygen atoms in total. The zero-order chi connectivity index (χ0) is 13.2. The molecule has 19 heavy (non-hydrogen) atoms. The van der Waals surface area contributed by atoms with E-state index >= 15 is 0 Å². The van der Waals surface area contributed by atoms with Crippen LogP contribution in [0.5, 0.6) is 0 Å². The lowest BCUT2D eigenvalue weighted by atomic mass is 10.0. The number of rotatable bonds is 2. The van der Waals surface area contributed by atoms with Gasteiger partial charge in [-0.05, 0) is 58.6 Å². The number of benzene rings is 1. The largest absolute Gasteiger partial charge is 0.385 e. The molecule has 2 heterocycles. The van der Waals surface area contributed by atoms with Gasteiger partial charge in [-0.2, -0.15) is 0 Å². The van der Waals surface area contributed by atoms with Crippen molar-refractivity contribution < 1.29 is 4.39 Å². The number of nitrogens with one attached hydrogen (secondary N) is 2. The van der Waals surface area contributed by atoms with Gasteiger partial charge in [0.15, 0.2) is 11.6 Å². The fourth-order valence-electron chi connectivity index (χ4n) is 2.20. The number of hydrogen-bond donors (Lipinski definition) is 2.